The predicted octanol–water partition coefficient (Wildman–Crippen LogP) is 1.34. The lowest BCUT2D eigenvalue weighted by Crippen LogP contribution is -2.31. The largest absolute Gasteiger partial charge is 0.462 e. The summed E-state index contributed by atoms with van der Waals surface area (Å²) in [5.74, 6) is 0.0480. The Morgan fingerprint density at radius 1 is 1.41 bits per heavy atom. The second-order valence-corrected chi connectivity index (χ2v) is 4.72. The van der Waals surface area contributed by atoms with Gasteiger partial charge in [0.15, 0.2) is 6.23 Å². The molecule has 0 aromatic heterocycles. The van der Waals surface area contributed by atoms with E-state index in [0.29, 0.717) is 6.47 Å². The molecule has 98 valence electrons. The van der Waals surface area contributed by atoms with E-state index in [2.05, 4.69) is 4.74 Å². The number of carbonyl (C=O) groups excluding carboxylic acids is 2. The Morgan fingerprint density at radius 3 is 2.06 bits per heavy atom. The van der Waals surface area contributed by atoms with E-state index in [-0.39, 0.29) is 17.7 Å². The molecule has 0 radical (unpaired) electrons. The summed E-state index contributed by atoms with van der Waals surface area (Å²) in [5, 5.41) is 0. The number of ether oxygens (including phenoxy) is 2. The van der Waals surface area contributed by atoms with Crippen LogP contribution < -0.4 is 0 Å². The van der Waals surface area contributed by atoms with E-state index in [0.717, 1.165) is 5.57 Å². The van der Waals surface area contributed by atoms with Gasteiger partial charge in [0, 0.05) is 19.7 Å². The van der Waals surface area contributed by atoms with Crippen LogP contribution in [0.5, 0.6) is 0 Å². The summed E-state index contributed by atoms with van der Waals surface area (Å²) in [5.41, 5.74) is 0.441. The molecule has 1 aliphatic rings. The number of amides is 1. The summed E-state index contributed by atoms with van der Waals surface area (Å²) in [4.78, 5) is 22.2. The molecule has 1 aliphatic heterocycles. The molecule has 0 bridgehead atoms. The van der Waals surface area contributed by atoms with E-state index < -0.39 is 0 Å². The zero-order chi connectivity index (χ0) is 13.6. The van der Waals surface area contributed by atoms with E-state index in [1.165, 1.54) is 0 Å². The highest BCUT2D eigenvalue weighted by Gasteiger charge is 2.25. The van der Waals surface area contributed by atoms with Gasteiger partial charge >= 0.3 is 0 Å². The summed E-state index contributed by atoms with van der Waals surface area (Å²) in [6.07, 6.45) is 1.65. The van der Waals surface area contributed by atoms with E-state index >= 15 is 0 Å². The van der Waals surface area contributed by atoms with Crippen LogP contribution in [0.25, 0.3) is 0 Å². The molecule has 0 aliphatic carbocycles. The van der Waals surface area contributed by atoms with Crippen LogP contribution in [0.15, 0.2) is 11.6 Å². The first-order valence-electron chi connectivity index (χ1n) is 5.32. The van der Waals surface area contributed by atoms with Crippen molar-refractivity contribution in [2.75, 3.05) is 14.2 Å². The second kappa shape index (κ2) is 6.39. The number of carbonyl (C=O) groups is 2. The molecule has 17 heavy (non-hydrogen) atoms. The number of likely N-dealkylation sites (N-methyl/N-ethyl adjacent to an activating group) is 1. The molecule has 0 saturated heterocycles. The number of rotatable bonds is 2. The van der Waals surface area contributed by atoms with Gasteiger partial charge < -0.3 is 14.4 Å². The first-order valence-corrected chi connectivity index (χ1v) is 5.32. The number of nitrogens with zero attached hydrogens (tertiary/aromatic N) is 1. The maximum Gasteiger partial charge on any atom is 0.293 e. The first-order chi connectivity index (χ1) is 7.72. The third kappa shape index (κ3) is 5.49. The molecule has 1 rings (SSSR count). The minimum absolute atomic E-state index is 0.0480. The van der Waals surface area contributed by atoms with Crippen molar-refractivity contribution in [3.63, 3.8) is 0 Å². The molecule has 1 atom stereocenters. The summed E-state index contributed by atoms with van der Waals surface area (Å²) in [6, 6.07) is 0. The van der Waals surface area contributed by atoms with Gasteiger partial charge in [0.05, 0.1) is 0 Å². The average Bonchev–Trinajstić information content (AvgIpc) is 2.45. The first kappa shape index (κ1) is 15.6. The normalized spacial score (nSPS) is 19.4. The Labute approximate surface area is 102 Å². The molecule has 5 heteroatoms. The standard InChI is InChI=1S/C7H11NO2.C5H10O2/c1-5-4-6(10-3)8(2)7(5)9;1-5(2,3)7-4-6/h4,6H,1-3H3;4H,1-3H3. The highest BCUT2D eigenvalue weighted by atomic mass is 16.5. The van der Waals surface area contributed by atoms with Gasteiger partial charge in [-0.15, -0.1) is 0 Å². The Balaban J connectivity index is 0.000000325. The van der Waals surface area contributed by atoms with Crippen LogP contribution in [-0.2, 0) is 19.1 Å². The van der Waals surface area contributed by atoms with Gasteiger partial charge in [-0.3, -0.25) is 9.59 Å². The van der Waals surface area contributed by atoms with Gasteiger partial charge in [-0.25, -0.2) is 0 Å². The van der Waals surface area contributed by atoms with Gasteiger partial charge in [-0.2, -0.15) is 0 Å². The lowest BCUT2D eigenvalue weighted by Gasteiger charge is -2.16. The molecular formula is C12H21NO4. The van der Waals surface area contributed by atoms with Gasteiger partial charge in [-0.1, -0.05) is 0 Å². The maximum absolute atomic E-state index is 11.1. The van der Waals surface area contributed by atoms with Crippen LogP contribution in [0.4, 0.5) is 0 Å². The third-order valence-corrected chi connectivity index (χ3v) is 2.08. The summed E-state index contributed by atoms with van der Waals surface area (Å²) in [6.45, 7) is 7.71. The Bertz CT molecular complexity index is 304. The zero-order valence-corrected chi connectivity index (χ0v) is 11.3. The third-order valence-electron chi connectivity index (χ3n) is 2.08. The van der Waals surface area contributed by atoms with Crippen molar-refractivity contribution in [1.29, 1.82) is 0 Å². The van der Waals surface area contributed by atoms with Crippen molar-refractivity contribution in [3.05, 3.63) is 11.6 Å². The summed E-state index contributed by atoms with van der Waals surface area (Å²) >= 11 is 0. The average molecular weight is 243 g/mol. The summed E-state index contributed by atoms with van der Waals surface area (Å²) in [7, 11) is 3.31. The monoisotopic (exact) mass is 243 g/mol. The fourth-order valence-corrected chi connectivity index (χ4v) is 1.16. The Hall–Kier alpha value is -1.36. The molecule has 5 nitrogen and oxygen atoms in total. The molecule has 0 spiro atoms. The molecule has 1 heterocycles. The SMILES string of the molecule is CC(C)(C)OC=O.COC1C=C(C)C(=O)N1C. The van der Waals surface area contributed by atoms with Crippen molar-refractivity contribution in [1.82, 2.24) is 4.90 Å². The topological polar surface area (TPSA) is 55.8 Å². The lowest BCUT2D eigenvalue weighted by atomic mass is 10.2. The highest BCUT2D eigenvalue weighted by molar-refractivity contribution is 5.95. The Morgan fingerprint density at radius 2 is 1.94 bits per heavy atom. The van der Waals surface area contributed by atoms with E-state index in [1.54, 1.807) is 26.0 Å². The minimum atomic E-state index is -0.318. The molecular weight excluding hydrogens is 222 g/mol. The van der Waals surface area contributed by atoms with Gasteiger partial charge in [0.1, 0.15) is 5.60 Å². The van der Waals surface area contributed by atoms with Crippen LogP contribution in [0.2, 0.25) is 0 Å². The number of hydrogen-bond donors (Lipinski definition) is 0. The van der Waals surface area contributed by atoms with Gasteiger partial charge in [0.2, 0.25) is 0 Å². The molecule has 0 N–H and O–H groups in total. The van der Waals surface area contributed by atoms with E-state index in [9.17, 15) is 9.59 Å². The van der Waals surface area contributed by atoms with E-state index in [4.69, 9.17) is 4.74 Å². The number of hydrogen-bond acceptors (Lipinski definition) is 4. The molecule has 0 aromatic rings. The van der Waals surface area contributed by atoms with Crippen molar-refractivity contribution in [3.8, 4) is 0 Å². The van der Waals surface area contributed by atoms with Crippen LogP contribution in [-0.4, -0.2) is 43.3 Å². The Kier molecular flexibility index (Phi) is 5.88. The molecule has 0 saturated carbocycles. The van der Waals surface area contributed by atoms with Crippen molar-refractivity contribution in [2.45, 2.75) is 39.5 Å². The zero-order valence-electron chi connectivity index (χ0n) is 11.3. The van der Waals surface area contributed by atoms with Crippen LogP contribution in [0.1, 0.15) is 27.7 Å². The molecule has 0 aromatic carbocycles. The quantitative estimate of drug-likeness (QED) is 0.687. The molecule has 1 amide bonds. The van der Waals surface area contributed by atoms with Crippen molar-refractivity contribution in [2.24, 2.45) is 0 Å². The smallest absolute Gasteiger partial charge is 0.293 e. The van der Waals surface area contributed by atoms with Gasteiger partial charge in [-0.05, 0) is 33.8 Å². The van der Waals surface area contributed by atoms with Crippen molar-refractivity contribution < 1.29 is 19.1 Å². The van der Waals surface area contributed by atoms with Crippen LogP contribution in [0, 0.1) is 0 Å². The molecule has 0 fully saturated rings. The van der Waals surface area contributed by atoms with Crippen molar-refractivity contribution >= 4 is 12.4 Å². The van der Waals surface area contributed by atoms with Crippen LogP contribution >= 0.6 is 0 Å². The second-order valence-electron chi connectivity index (χ2n) is 4.72. The number of methoxy groups -OCH3 is 1. The minimum Gasteiger partial charge on any atom is -0.462 e. The fourth-order valence-electron chi connectivity index (χ4n) is 1.16. The molecule has 1 unspecified atom stereocenters. The van der Waals surface area contributed by atoms with E-state index in [1.807, 2.05) is 26.8 Å². The lowest BCUT2D eigenvalue weighted by molar-refractivity contribution is -0.138. The maximum atomic E-state index is 11.1. The fraction of sp³-hybridized carbons (Fsp3) is 0.667. The highest BCUT2D eigenvalue weighted by Crippen LogP contribution is 2.14. The van der Waals surface area contributed by atoms with Gasteiger partial charge in [0.25, 0.3) is 12.4 Å². The van der Waals surface area contributed by atoms with Crippen LogP contribution in [0.3, 0.4) is 0 Å². The summed E-state index contributed by atoms with van der Waals surface area (Å²) < 4.78 is 9.54. The predicted molar refractivity (Wildman–Crippen MR) is 64.2 cm³/mol.